The molecule has 4 amide bonds. The summed E-state index contributed by atoms with van der Waals surface area (Å²) < 4.78 is 5.87. The van der Waals surface area contributed by atoms with Crippen LogP contribution in [0.2, 0.25) is 10.0 Å². The maximum atomic E-state index is 13.3. The van der Waals surface area contributed by atoms with E-state index in [1.807, 2.05) is 0 Å². The zero-order valence-corrected chi connectivity index (χ0v) is 20.3. The number of nitrogens with zero attached hydrogens (tertiary/aromatic N) is 1. The zero-order chi connectivity index (χ0) is 26.0. The number of aromatic carboxylic acids is 1. The summed E-state index contributed by atoms with van der Waals surface area (Å²) in [6, 6.07) is 14.7. The minimum atomic E-state index is -1.04. The van der Waals surface area contributed by atoms with E-state index >= 15 is 0 Å². The number of carbonyl (C=O) groups excluding carboxylic acids is 3. The van der Waals surface area contributed by atoms with Crippen molar-refractivity contribution in [3.8, 4) is 5.75 Å². The number of halogens is 2. The number of benzene rings is 3. The highest BCUT2D eigenvalue weighted by molar-refractivity contribution is 6.40. The van der Waals surface area contributed by atoms with Gasteiger partial charge in [-0.2, -0.15) is 0 Å². The van der Waals surface area contributed by atoms with Gasteiger partial charge in [0.15, 0.2) is 0 Å². The van der Waals surface area contributed by atoms with E-state index in [0.29, 0.717) is 32.5 Å². The van der Waals surface area contributed by atoms with Crippen LogP contribution in [0.15, 0.2) is 66.2 Å². The molecule has 10 heteroatoms. The SMILES string of the molecule is Cc1c(Cl)cccc1N1C(=O)NC(=O)/C(=C\c2cc(Cl)ccc2OCc2ccc(C(=O)O)cc2)C1=O. The Balaban J connectivity index is 1.66. The van der Waals surface area contributed by atoms with Gasteiger partial charge in [-0.3, -0.25) is 14.9 Å². The second kappa shape index (κ2) is 10.2. The molecule has 0 unspecified atom stereocenters. The van der Waals surface area contributed by atoms with E-state index in [4.69, 9.17) is 33.0 Å². The fraction of sp³-hybridized carbons (Fsp3) is 0.0769. The highest BCUT2D eigenvalue weighted by Crippen LogP contribution is 2.31. The molecule has 8 nitrogen and oxygen atoms in total. The van der Waals surface area contributed by atoms with Gasteiger partial charge in [-0.05, 0) is 66.6 Å². The molecule has 0 atom stereocenters. The first-order chi connectivity index (χ1) is 17.2. The van der Waals surface area contributed by atoms with Gasteiger partial charge >= 0.3 is 12.0 Å². The summed E-state index contributed by atoms with van der Waals surface area (Å²) in [7, 11) is 0. The Kier molecular flexibility index (Phi) is 7.10. The van der Waals surface area contributed by atoms with E-state index in [1.165, 1.54) is 24.3 Å². The molecule has 1 heterocycles. The third kappa shape index (κ3) is 5.10. The molecule has 0 spiro atoms. The van der Waals surface area contributed by atoms with Crippen molar-refractivity contribution in [1.29, 1.82) is 0 Å². The minimum Gasteiger partial charge on any atom is -0.488 e. The molecule has 1 saturated heterocycles. The molecule has 0 radical (unpaired) electrons. The van der Waals surface area contributed by atoms with Crippen LogP contribution in [0.1, 0.15) is 27.0 Å². The van der Waals surface area contributed by atoms with Gasteiger partial charge in [0.1, 0.15) is 17.9 Å². The maximum Gasteiger partial charge on any atom is 0.335 e. The number of hydrogen-bond acceptors (Lipinski definition) is 5. The third-order valence-corrected chi connectivity index (χ3v) is 6.09. The van der Waals surface area contributed by atoms with Gasteiger partial charge in [0.05, 0.1) is 11.3 Å². The van der Waals surface area contributed by atoms with Crippen molar-refractivity contribution in [3.05, 3.63) is 98.5 Å². The monoisotopic (exact) mass is 524 g/mol. The smallest absolute Gasteiger partial charge is 0.335 e. The standard InChI is InChI=1S/C26H18Cl2N2O6/c1-14-20(28)3-2-4-21(14)30-24(32)19(23(31)29-26(30)35)12-17-11-18(27)9-10-22(17)36-13-15-5-7-16(8-6-15)25(33)34/h2-12H,13H2,1H3,(H,33,34)(H,29,31,35)/b19-12+. The molecule has 4 rings (SSSR count). The number of carboxylic acids is 1. The van der Waals surface area contributed by atoms with Gasteiger partial charge < -0.3 is 9.84 Å². The molecule has 3 aromatic carbocycles. The first kappa shape index (κ1) is 25.0. The zero-order valence-electron chi connectivity index (χ0n) is 18.7. The summed E-state index contributed by atoms with van der Waals surface area (Å²) in [5, 5.41) is 11.9. The van der Waals surface area contributed by atoms with Crippen molar-refractivity contribution in [1.82, 2.24) is 5.32 Å². The number of carboxylic acid groups (broad SMARTS) is 1. The summed E-state index contributed by atoms with van der Waals surface area (Å²) in [6.07, 6.45) is 1.30. The van der Waals surface area contributed by atoms with E-state index in [1.54, 1.807) is 49.4 Å². The van der Waals surface area contributed by atoms with Crippen LogP contribution in [-0.4, -0.2) is 28.9 Å². The number of imide groups is 2. The quantitative estimate of drug-likeness (QED) is 0.336. The lowest BCUT2D eigenvalue weighted by molar-refractivity contribution is -0.122. The Morgan fingerprint density at radius 2 is 1.78 bits per heavy atom. The van der Waals surface area contributed by atoms with Crippen LogP contribution in [0.25, 0.3) is 6.08 Å². The number of anilines is 1. The van der Waals surface area contributed by atoms with E-state index in [9.17, 15) is 19.2 Å². The van der Waals surface area contributed by atoms with Crippen molar-refractivity contribution < 1.29 is 29.0 Å². The number of hydrogen-bond donors (Lipinski definition) is 2. The summed E-state index contributed by atoms with van der Waals surface area (Å²) in [5.41, 5.74) is 1.62. The molecule has 0 aromatic heterocycles. The third-order valence-electron chi connectivity index (χ3n) is 5.45. The molecular formula is C26H18Cl2N2O6. The predicted molar refractivity (Wildman–Crippen MR) is 134 cm³/mol. The molecular weight excluding hydrogens is 507 g/mol. The molecule has 0 saturated carbocycles. The molecule has 1 aliphatic heterocycles. The number of amides is 4. The maximum absolute atomic E-state index is 13.3. The molecule has 182 valence electrons. The van der Waals surface area contributed by atoms with Crippen molar-refractivity contribution in [2.45, 2.75) is 13.5 Å². The van der Waals surface area contributed by atoms with E-state index < -0.39 is 23.8 Å². The Morgan fingerprint density at radius 3 is 2.47 bits per heavy atom. The number of carbonyl (C=O) groups is 4. The average Bonchev–Trinajstić information content (AvgIpc) is 2.84. The number of rotatable bonds is 6. The summed E-state index contributed by atoms with van der Waals surface area (Å²) >= 11 is 12.3. The minimum absolute atomic E-state index is 0.0875. The second-order valence-electron chi connectivity index (χ2n) is 7.81. The molecule has 2 N–H and O–H groups in total. The van der Waals surface area contributed by atoms with Crippen LogP contribution in [-0.2, 0) is 16.2 Å². The van der Waals surface area contributed by atoms with Gasteiger partial charge in [-0.15, -0.1) is 0 Å². The number of ether oxygens (including phenoxy) is 1. The van der Waals surface area contributed by atoms with Crippen LogP contribution >= 0.6 is 23.2 Å². The first-order valence-corrected chi connectivity index (χ1v) is 11.3. The first-order valence-electron chi connectivity index (χ1n) is 10.6. The molecule has 36 heavy (non-hydrogen) atoms. The normalized spacial score (nSPS) is 14.7. The van der Waals surface area contributed by atoms with Crippen LogP contribution in [0, 0.1) is 6.92 Å². The Morgan fingerprint density at radius 1 is 1.06 bits per heavy atom. The lowest BCUT2D eigenvalue weighted by atomic mass is 10.0. The summed E-state index contributed by atoms with van der Waals surface area (Å²) in [5.74, 6) is -2.41. The van der Waals surface area contributed by atoms with Crippen LogP contribution in [0.4, 0.5) is 10.5 Å². The fourth-order valence-electron chi connectivity index (χ4n) is 3.54. The van der Waals surface area contributed by atoms with Crippen molar-refractivity contribution in [2.24, 2.45) is 0 Å². The van der Waals surface area contributed by atoms with Crippen molar-refractivity contribution in [2.75, 3.05) is 4.90 Å². The summed E-state index contributed by atoms with van der Waals surface area (Å²) in [6.45, 7) is 1.74. The number of nitrogens with one attached hydrogen (secondary N) is 1. The van der Waals surface area contributed by atoms with Crippen LogP contribution < -0.4 is 15.0 Å². The highest BCUT2D eigenvalue weighted by Gasteiger charge is 2.37. The van der Waals surface area contributed by atoms with E-state index in [-0.39, 0.29) is 23.4 Å². The molecule has 1 aliphatic rings. The largest absolute Gasteiger partial charge is 0.488 e. The van der Waals surface area contributed by atoms with Crippen LogP contribution in [0.3, 0.4) is 0 Å². The van der Waals surface area contributed by atoms with Crippen molar-refractivity contribution in [3.63, 3.8) is 0 Å². The van der Waals surface area contributed by atoms with Crippen LogP contribution in [0.5, 0.6) is 5.75 Å². The summed E-state index contributed by atoms with van der Waals surface area (Å²) in [4.78, 5) is 50.3. The average molecular weight is 525 g/mol. The fourth-order valence-corrected chi connectivity index (χ4v) is 3.89. The van der Waals surface area contributed by atoms with E-state index in [0.717, 1.165) is 4.90 Å². The van der Waals surface area contributed by atoms with Gasteiger partial charge in [0, 0.05) is 15.6 Å². The predicted octanol–water partition coefficient (Wildman–Crippen LogP) is 5.25. The van der Waals surface area contributed by atoms with Gasteiger partial charge in [-0.1, -0.05) is 41.4 Å². The Labute approximate surface area is 215 Å². The lowest BCUT2D eigenvalue weighted by Crippen LogP contribution is -2.54. The van der Waals surface area contributed by atoms with Gasteiger partial charge in [-0.25, -0.2) is 14.5 Å². The van der Waals surface area contributed by atoms with E-state index in [2.05, 4.69) is 5.32 Å². The number of urea groups is 1. The number of barbiturate groups is 1. The Bertz CT molecular complexity index is 1430. The molecule has 1 fully saturated rings. The Hall–Kier alpha value is -4.14. The topological polar surface area (TPSA) is 113 Å². The lowest BCUT2D eigenvalue weighted by Gasteiger charge is -2.27. The molecule has 0 aliphatic carbocycles. The highest BCUT2D eigenvalue weighted by atomic mass is 35.5. The second-order valence-corrected chi connectivity index (χ2v) is 8.66. The molecule has 3 aromatic rings. The van der Waals surface area contributed by atoms with Gasteiger partial charge in [0.2, 0.25) is 0 Å². The molecule has 0 bridgehead atoms. The van der Waals surface area contributed by atoms with Crippen molar-refractivity contribution >= 4 is 58.8 Å². The van der Waals surface area contributed by atoms with Gasteiger partial charge in [0.25, 0.3) is 11.8 Å².